The molecule has 1 heterocycles. The quantitative estimate of drug-likeness (QED) is 0.229. The summed E-state index contributed by atoms with van der Waals surface area (Å²) in [4.78, 5) is 34.1. The van der Waals surface area contributed by atoms with Crippen LogP contribution in [0.5, 0.6) is 0 Å². The molecular formula is C31H30Cl2N4O2. The first kappa shape index (κ1) is 25.9. The normalized spacial score (nSPS) is 22.4. The zero-order valence-corrected chi connectivity index (χ0v) is 23.2. The number of rotatable bonds is 5. The molecule has 1 aromatic heterocycles. The van der Waals surface area contributed by atoms with Gasteiger partial charge in [0.1, 0.15) is 5.82 Å². The maximum absolute atomic E-state index is 13.3. The molecule has 0 saturated heterocycles. The molecule has 200 valence electrons. The molecular weight excluding hydrogens is 531 g/mol. The SMILES string of the molecule is CC1(C(=O)Nc2ccc3nc(-c4ccc(NC(=O)c5c(Cl)cccc5Cl)cc4)[nH]c3c2)CC2CCCC(C2)C1. The minimum absolute atomic E-state index is 0.119. The predicted molar refractivity (Wildman–Crippen MR) is 157 cm³/mol. The van der Waals surface area contributed by atoms with Crippen molar-refractivity contribution in [3.05, 3.63) is 76.3 Å². The fraction of sp³-hybridized carbons (Fsp3) is 0.323. The highest BCUT2D eigenvalue weighted by Crippen LogP contribution is 2.49. The van der Waals surface area contributed by atoms with Gasteiger partial charge in [0.05, 0.1) is 26.6 Å². The van der Waals surface area contributed by atoms with Gasteiger partial charge in [-0.15, -0.1) is 0 Å². The Kier molecular flexibility index (Phi) is 6.86. The molecule has 39 heavy (non-hydrogen) atoms. The van der Waals surface area contributed by atoms with Gasteiger partial charge < -0.3 is 15.6 Å². The minimum atomic E-state index is -0.373. The second kappa shape index (κ2) is 10.3. The van der Waals surface area contributed by atoms with Gasteiger partial charge in [-0.1, -0.05) is 55.5 Å². The van der Waals surface area contributed by atoms with E-state index in [1.165, 1.54) is 25.7 Å². The van der Waals surface area contributed by atoms with Crippen molar-refractivity contribution in [2.75, 3.05) is 10.6 Å². The van der Waals surface area contributed by atoms with Gasteiger partial charge in [0.15, 0.2) is 0 Å². The molecule has 2 saturated carbocycles. The number of fused-ring (bicyclic) bond motifs is 3. The number of carbonyl (C=O) groups is 2. The number of aromatic nitrogens is 2. The van der Waals surface area contributed by atoms with Crippen LogP contribution in [0.1, 0.15) is 55.8 Å². The lowest BCUT2D eigenvalue weighted by Gasteiger charge is -2.44. The Bertz CT molecular complexity index is 1530. The highest BCUT2D eigenvalue weighted by Gasteiger charge is 2.43. The Morgan fingerprint density at radius 2 is 1.59 bits per heavy atom. The molecule has 0 aliphatic heterocycles. The van der Waals surface area contributed by atoms with Crippen LogP contribution in [0.25, 0.3) is 22.4 Å². The maximum Gasteiger partial charge on any atom is 0.258 e. The number of nitrogens with one attached hydrogen (secondary N) is 3. The minimum Gasteiger partial charge on any atom is -0.338 e. The lowest BCUT2D eigenvalue weighted by molar-refractivity contribution is -0.129. The molecule has 2 aliphatic rings. The van der Waals surface area contributed by atoms with Crippen molar-refractivity contribution < 1.29 is 9.59 Å². The highest BCUT2D eigenvalue weighted by atomic mass is 35.5. The van der Waals surface area contributed by atoms with E-state index in [0.29, 0.717) is 33.4 Å². The van der Waals surface area contributed by atoms with Crippen LogP contribution in [0.15, 0.2) is 60.7 Å². The van der Waals surface area contributed by atoms with Gasteiger partial charge in [-0.25, -0.2) is 4.98 Å². The summed E-state index contributed by atoms with van der Waals surface area (Å²) in [7, 11) is 0. The van der Waals surface area contributed by atoms with E-state index >= 15 is 0 Å². The molecule has 2 atom stereocenters. The fourth-order valence-electron chi connectivity index (χ4n) is 6.44. The summed E-state index contributed by atoms with van der Waals surface area (Å²) >= 11 is 12.3. The summed E-state index contributed by atoms with van der Waals surface area (Å²) in [6, 6.07) is 18.1. The zero-order chi connectivity index (χ0) is 27.1. The number of hydrogen-bond donors (Lipinski definition) is 3. The average Bonchev–Trinajstić information content (AvgIpc) is 3.32. The van der Waals surface area contributed by atoms with Crippen LogP contribution in [-0.2, 0) is 4.79 Å². The van der Waals surface area contributed by atoms with Crippen molar-refractivity contribution in [3.8, 4) is 11.4 Å². The smallest absolute Gasteiger partial charge is 0.258 e. The largest absolute Gasteiger partial charge is 0.338 e. The fourth-order valence-corrected chi connectivity index (χ4v) is 7.01. The van der Waals surface area contributed by atoms with Crippen LogP contribution < -0.4 is 10.6 Å². The molecule has 0 radical (unpaired) electrons. The van der Waals surface area contributed by atoms with E-state index in [-0.39, 0.29) is 22.8 Å². The van der Waals surface area contributed by atoms with Crippen molar-refractivity contribution in [1.82, 2.24) is 9.97 Å². The standard InChI is InChI=1S/C31H30Cl2N4O2/c1-31(16-18-4-2-5-19(14-18)17-31)30(39)35-22-12-13-25-26(15-22)37-28(36-25)20-8-10-21(11-9-20)34-29(38)27-23(32)6-3-7-24(27)33/h3,6-13,15,18-19H,2,4-5,14,16-17H2,1H3,(H,34,38)(H,35,39)(H,36,37). The zero-order valence-electron chi connectivity index (χ0n) is 21.7. The van der Waals surface area contributed by atoms with E-state index in [2.05, 4.69) is 22.5 Å². The Balaban J connectivity index is 1.15. The molecule has 2 unspecified atom stereocenters. The van der Waals surface area contributed by atoms with E-state index in [1.807, 2.05) is 30.3 Å². The van der Waals surface area contributed by atoms with Gasteiger partial charge in [0.2, 0.25) is 5.91 Å². The number of hydrogen-bond acceptors (Lipinski definition) is 3. The number of aromatic amines is 1. The average molecular weight is 562 g/mol. The van der Waals surface area contributed by atoms with Gasteiger partial charge in [-0.2, -0.15) is 0 Å². The molecule has 2 fully saturated rings. The van der Waals surface area contributed by atoms with E-state index in [1.54, 1.807) is 30.3 Å². The third-order valence-corrected chi connectivity index (χ3v) is 8.89. The maximum atomic E-state index is 13.3. The molecule has 4 aromatic rings. The van der Waals surface area contributed by atoms with Crippen molar-refractivity contribution >= 4 is 57.4 Å². The van der Waals surface area contributed by atoms with Crippen molar-refractivity contribution in [3.63, 3.8) is 0 Å². The van der Waals surface area contributed by atoms with Crippen LogP contribution in [0, 0.1) is 17.3 Å². The number of nitrogens with zero attached hydrogens (tertiary/aromatic N) is 1. The molecule has 6 rings (SSSR count). The molecule has 2 bridgehead atoms. The molecule has 0 spiro atoms. The van der Waals surface area contributed by atoms with Gasteiger partial charge in [0, 0.05) is 22.4 Å². The third-order valence-electron chi connectivity index (χ3n) is 8.26. The first-order valence-corrected chi connectivity index (χ1v) is 14.2. The van der Waals surface area contributed by atoms with Crippen LogP contribution in [0.2, 0.25) is 10.0 Å². The lowest BCUT2D eigenvalue weighted by Crippen LogP contribution is -2.42. The second-order valence-electron chi connectivity index (χ2n) is 11.3. The summed E-state index contributed by atoms with van der Waals surface area (Å²) in [5.41, 5.74) is 3.84. The first-order valence-electron chi connectivity index (χ1n) is 13.4. The summed E-state index contributed by atoms with van der Waals surface area (Å²) in [5, 5.41) is 6.61. The molecule has 3 N–H and O–H groups in total. The second-order valence-corrected chi connectivity index (χ2v) is 12.1. The van der Waals surface area contributed by atoms with Crippen molar-refractivity contribution in [2.24, 2.45) is 17.3 Å². The van der Waals surface area contributed by atoms with E-state index in [9.17, 15) is 9.59 Å². The number of imidazole rings is 1. The summed E-state index contributed by atoms with van der Waals surface area (Å²) in [5.74, 6) is 1.81. The highest BCUT2D eigenvalue weighted by molar-refractivity contribution is 6.40. The Morgan fingerprint density at radius 1 is 0.923 bits per heavy atom. The molecule has 2 amide bonds. The molecule has 2 aliphatic carbocycles. The Labute approximate surface area is 237 Å². The number of benzene rings is 3. The van der Waals surface area contributed by atoms with Crippen LogP contribution in [-0.4, -0.2) is 21.8 Å². The van der Waals surface area contributed by atoms with Crippen LogP contribution >= 0.6 is 23.2 Å². The van der Waals surface area contributed by atoms with Crippen molar-refractivity contribution in [1.29, 1.82) is 0 Å². The van der Waals surface area contributed by atoms with Gasteiger partial charge in [0.25, 0.3) is 5.91 Å². The summed E-state index contributed by atoms with van der Waals surface area (Å²) < 4.78 is 0. The molecule has 3 aromatic carbocycles. The lowest BCUT2D eigenvalue weighted by atomic mass is 9.61. The van der Waals surface area contributed by atoms with Crippen LogP contribution in [0.4, 0.5) is 11.4 Å². The van der Waals surface area contributed by atoms with E-state index < -0.39 is 0 Å². The Morgan fingerprint density at radius 3 is 2.28 bits per heavy atom. The van der Waals surface area contributed by atoms with Gasteiger partial charge >= 0.3 is 0 Å². The summed E-state index contributed by atoms with van der Waals surface area (Å²) in [6.45, 7) is 2.13. The van der Waals surface area contributed by atoms with E-state index in [4.69, 9.17) is 28.2 Å². The van der Waals surface area contributed by atoms with Gasteiger partial charge in [-0.05, 0) is 85.7 Å². The molecule has 6 nitrogen and oxygen atoms in total. The number of anilines is 2. The van der Waals surface area contributed by atoms with Crippen molar-refractivity contribution in [2.45, 2.75) is 45.4 Å². The first-order chi connectivity index (χ1) is 18.8. The summed E-state index contributed by atoms with van der Waals surface area (Å²) in [6.07, 6.45) is 7.06. The Hall–Kier alpha value is -3.35. The predicted octanol–water partition coefficient (Wildman–Crippen LogP) is 8.33. The third kappa shape index (κ3) is 5.28. The van der Waals surface area contributed by atoms with Crippen LogP contribution in [0.3, 0.4) is 0 Å². The number of halogens is 2. The number of carbonyl (C=O) groups excluding carboxylic acids is 2. The van der Waals surface area contributed by atoms with E-state index in [0.717, 1.165) is 35.1 Å². The topological polar surface area (TPSA) is 86.9 Å². The molecule has 8 heteroatoms. The monoisotopic (exact) mass is 560 g/mol. The number of H-pyrrole nitrogens is 1. The number of amides is 2. The van der Waals surface area contributed by atoms with Gasteiger partial charge in [-0.3, -0.25) is 9.59 Å².